The van der Waals surface area contributed by atoms with Crippen LogP contribution in [0.5, 0.6) is 0 Å². The predicted octanol–water partition coefficient (Wildman–Crippen LogP) is 1.93. The van der Waals surface area contributed by atoms with E-state index in [-0.39, 0.29) is 0 Å². The second kappa shape index (κ2) is 2.58. The van der Waals surface area contributed by atoms with Crippen LogP contribution in [0.15, 0.2) is 27.2 Å². The monoisotopic (exact) mass is 111 g/mol. The summed E-state index contributed by atoms with van der Waals surface area (Å²) in [5.74, 6) is 0. The molecule has 0 saturated heterocycles. The van der Waals surface area contributed by atoms with Gasteiger partial charge in [0.25, 0.3) is 0 Å². The van der Waals surface area contributed by atoms with Gasteiger partial charge in [-0.05, 0) is 11.5 Å². The van der Waals surface area contributed by atoms with Crippen LogP contribution in [0.25, 0.3) is 0 Å². The van der Waals surface area contributed by atoms with E-state index in [4.69, 9.17) is 0 Å². The molecule has 0 fully saturated rings. The lowest BCUT2D eigenvalue weighted by atomic mass is 10.6. The highest BCUT2D eigenvalue weighted by Crippen LogP contribution is 2.06. The van der Waals surface area contributed by atoms with Crippen molar-refractivity contribution in [3.8, 4) is 0 Å². The van der Waals surface area contributed by atoms with Gasteiger partial charge in [0.2, 0.25) is 0 Å². The van der Waals surface area contributed by atoms with Gasteiger partial charge in [-0.3, -0.25) is 0 Å². The van der Waals surface area contributed by atoms with Crippen LogP contribution in [0.3, 0.4) is 0 Å². The van der Waals surface area contributed by atoms with Crippen molar-refractivity contribution in [1.82, 2.24) is 0 Å². The molecule has 1 aliphatic rings. The van der Waals surface area contributed by atoms with Crippen molar-refractivity contribution in [3.05, 3.63) is 23.8 Å². The maximum absolute atomic E-state index is 3.58. The fraction of sp³-hybridized carbons (Fsp3) is 0. The summed E-state index contributed by atoms with van der Waals surface area (Å²) in [7, 11) is 0. The molecular weight excluding hydrogens is 108 g/mol. The predicted molar refractivity (Wildman–Crippen MR) is 29.4 cm³/mol. The molecule has 1 heterocycles. The summed E-state index contributed by atoms with van der Waals surface area (Å²) in [6.07, 6.45) is 6.12. The fourth-order valence-electron chi connectivity index (χ4n) is 0.225. The smallest absolute Gasteiger partial charge is 0.114 e. The third-order valence-corrected chi connectivity index (χ3v) is 0.911. The molecule has 0 aromatic carbocycles. The van der Waals surface area contributed by atoms with Crippen LogP contribution < -0.4 is 0 Å². The zero-order valence-corrected chi connectivity index (χ0v) is 4.35. The molecule has 0 unspecified atom stereocenters. The molecule has 0 aliphatic carbocycles. The quantitative estimate of drug-likeness (QED) is 0.438. The topological polar surface area (TPSA) is 24.7 Å². The van der Waals surface area contributed by atoms with Crippen LogP contribution in [-0.2, 0) is 0 Å². The Kier molecular flexibility index (Phi) is 1.69. The van der Waals surface area contributed by atoms with E-state index >= 15 is 0 Å². The van der Waals surface area contributed by atoms with Gasteiger partial charge >= 0.3 is 0 Å². The molecule has 0 spiro atoms. The molecule has 1 rings (SSSR count). The molecule has 0 N–H and O–H groups in total. The first-order valence-corrected chi connectivity index (χ1v) is 2.63. The zero-order valence-electron chi connectivity index (χ0n) is 3.53. The van der Waals surface area contributed by atoms with Gasteiger partial charge in [-0.15, -0.1) is 9.63 Å². The Bertz CT molecular complexity index is 112. The molecule has 35 valence electrons. The summed E-state index contributed by atoms with van der Waals surface area (Å²) in [6.45, 7) is 0. The molecule has 2 nitrogen and oxygen atoms in total. The molecule has 1 aliphatic heterocycles. The van der Waals surface area contributed by atoms with Gasteiger partial charge in [-0.1, -0.05) is 6.08 Å². The Hall–Kier alpha value is -0.570. The van der Waals surface area contributed by atoms with Crippen molar-refractivity contribution >= 4 is 11.9 Å². The molecule has 0 saturated carbocycles. The largest absolute Gasteiger partial charge is 0.141 e. The molecule has 0 amide bonds. The summed E-state index contributed by atoms with van der Waals surface area (Å²) < 4.78 is 3.58. The Morgan fingerprint density at radius 3 is 3.57 bits per heavy atom. The van der Waals surface area contributed by atoms with E-state index in [1.165, 1.54) is 11.9 Å². The van der Waals surface area contributed by atoms with E-state index in [9.17, 15) is 0 Å². The van der Waals surface area contributed by atoms with Crippen molar-refractivity contribution in [2.24, 2.45) is 9.63 Å². The van der Waals surface area contributed by atoms with Crippen molar-refractivity contribution < 1.29 is 0 Å². The van der Waals surface area contributed by atoms with Gasteiger partial charge < -0.3 is 0 Å². The lowest BCUT2D eigenvalue weighted by Crippen LogP contribution is -1.39. The highest BCUT2D eigenvalue weighted by atomic mass is 32.2. The summed E-state index contributed by atoms with van der Waals surface area (Å²) >= 11 is 1.30. The van der Waals surface area contributed by atoms with E-state index in [1.54, 1.807) is 6.08 Å². The second-order valence-electron chi connectivity index (χ2n) is 0.911. The van der Waals surface area contributed by atoms with E-state index in [1.807, 2.05) is 11.5 Å². The van der Waals surface area contributed by atoms with Gasteiger partial charge in [0.05, 0.1) is 0 Å². The first kappa shape index (κ1) is 4.59. The van der Waals surface area contributed by atoms with Crippen LogP contribution >= 0.6 is 11.9 Å². The fourth-order valence-corrected chi connectivity index (χ4v) is 0.523. The summed E-state index contributed by atoms with van der Waals surface area (Å²) in [4.78, 5) is 0. The first-order valence-electron chi connectivity index (χ1n) is 1.80. The van der Waals surface area contributed by atoms with E-state index in [0.717, 1.165) is 0 Å². The minimum absolute atomic E-state index is 1.30. The van der Waals surface area contributed by atoms with Gasteiger partial charge in [0, 0.05) is 11.9 Å². The molecule has 0 bridgehead atoms. The molecule has 0 aromatic heterocycles. The molecular formula is C4H3N2S. The number of nitrogens with zero attached hydrogens (tertiary/aromatic N) is 2. The number of hydrogen-bond donors (Lipinski definition) is 0. The molecule has 0 atom stereocenters. The Morgan fingerprint density at radius 1 is 1.57 bits per heavy atom. The Morgan fingerprint density at radius 2 is 2.57 bits per heavy atom. The normalized spacial score (nSPS) is 17.1. The minimum atomic E-state index is 1.30. The number of hydrogen-bond acceptors (Lipinski definition) is 3. The zero-order chi connectivity index (χ0) is 4.95. The Balaban J connectivity index is 2.60. The van der Waals surface area contributed by atoms with E-state index in [2.05, 4.69) is 15.8 Å². The lowest BCUT2D eigenvalue weighted by Gasteiger charge is -1.67. The van der Waals surface area contributed by atoms with E-state index < -0.39 is 0 Å². The third kappa shape index (κ3) is 1.55. The van der Waals surface area contributed by atoms with Crippen molar-refractivity contribution in [2.45, 2.75) is 0 Å². The maximum Gasteiger partial charge on any atom is 0.114 e. The SMILES string of the molecule is [C]1=CC=CSN=N1. The molecule has 0 aromatic rings. The van der Waals surface area contributed by atoms with Crippen LogP contribution in [0.1, 0.15) is 0 Å². The highest BCUT2D eigenvalue weighted by Gasteiger charge is 1.74. The Labute approximate surface area is 46.2 Å². The van der Waals surface area contributed by atoms with Gasteiger partial charge in [0.1, 0.15) is 6.20 Å². The third-order valence-electron chi connectivity index (χ3n) is 0.456. The van der Waals surface area contributed by atoms with E-state index in [0.29, 0.717) is 0 Å². The van der Waals surface area contributed by atoms with Crippen molar-refractivity contribution in [3.63, 3.8) is 0 Å². The average Bonchev–Trinajstić information content (AvgIpc) is 1.90. The number of rotatable bonds is 0. The number of allylic oxidation sites excluding steroid dienone is 2. The van der Waals surface area contributed by atoms with Crippen molar-refractivity contribution in [2.75, 3.05) is 0 Å². The standard InChI is InChI=1S/C4H3N2S/c1-2-4-7-6-5-3-1/h1-2,4H. The summed E-state index contributed by atoms with van der Waals surface area (Å²) in [6, 6.07) is 0. The van der Waals surface area contributed by atoms with Crippen molar-refractivity contribution in [1.29, 1.82) is 0 Å². The van der Waals surface area contributed by atoms with Crippen LogP contribution in [0.4, 0.5) is 0 Å². The molecule has 3 heteroatoms. The van der Waals surface area contributed by atoms with Crippen LogP contribution in [0, 0.1) is 6.20 Å². The summed E-state index contributed by atoms with van der Waals surface area (Å²) in [5.41, 5.74) is 0. The van der Waals surface area contributed by atoms with Crippen LogP contribution in [-0.4, -0.2) is 0 Å². The molecule has 1 radical (unpaired) electrons. The second-order valence-corrected chi connectivity index (χ2v) is 1.56. The highest BCUT2D eigenvalue weighted by molar-refractivity contribution is 8.00. The average molecular weight is 111 g/mol. The van der Waals surface area contributed by atoms with Crippen LogP contribution in [0.2, 0.25) is 0 Å². The first-order chi connectivity index (χ1) is 3.50. The lowest BCUT2D eigenvalue weighted by molar-refractivity contribution is 1.30. The summed E-state index contributed by atoms with van der Waals surface area (Å²) in [5, 5.41) is 5.33. The van der Waals surface area contributed by atoms with Gasteiger partial charge in [-0.2, -0.15) is 0 Å². The molecule has 7 heavy (non-hydrogen) atoms. The van der Waals surface area contributed by atoms with Gasteiger partial charge in [-0.25, -0.2) is 0 Å². The maximum atomic E-state index is 3.58. The van der Waals surface area contributed by atoms with Gasteiger partial charge in [0.15, 0.2) is 0 Å². The minimum Gasteiger partial charge on any atom is -0.141 e.